The van der Waals surface area contributed by atoms with Gasteiger partial charge in [0, 0.05) is 0 Å². The second kappa shape index (κ2) is 12.1. The Morgan fingerprint density at radius 2 is 1.25 bits per heavy atom. The molecule has 12 heavy (non-hydrogen) atoms. The maximum atomic E-state index is 2.35. The summed E-state index contributed by atoms with van der Waals surface area (Å²) in [6.45, 7) is 7.02. The van der Waals surface area contributed by atoms with E-state index in [0.717, 1.165) is 0 Å². The Hall–Kier alpha value is 1.09. The van der Waals surface area contributed by atoms with Gasteiger partial charge in [-0.3, -0.25) is 0 Å². The van der Waals surface area contributed by atoms with Gasteiger partial charge in [0.2, 0.25) is 0 Å². The van der Waals surface area contributed by atoms with Crippen molar-refractivity contribution in [1.82, 2.24) is 0 Å². The van der Waals surface area contributed by atoms with E-state index in [1.807, 2.05) is 0 Å². The van der Waals surface area contributed by atoms with Crippen LogP contribution in [-0.2, 0) is 0 Å². The molecule has 0 unspecified atom stereocenters. The second-order valence-electron chi connectivity index (χ2n) is 3.35. The van der Waals surface area contributed by atoms with Gasteiger partial charge < -0.3 is 0 Å². The maximum absolute atomic E-state index is 2.35. The van der Waals surface area contributed by atoms with Crippen molar-refractivity contribution in [3.63, 3.8) is 0 Å². The minimum absolute atomic E-state index is 0. The van der Waals surface area contributed by atoms with Crippen LogP contribution in [0.1, 0.15) is 46.5 Å². The molecule has 2 heteroatoms. The monoisotopic (exact) mass is 299 g/mol. The zero-order valence-corrected chi connectivity index (χ0v) is 12.5. The van der Waals surface area contributed by atoms with Crippen molar-refractivity contribution in [2.75, 3.05) is 0 Å². The van der Waals surface area contributed by atoms with E-state index in [1.54, 1.807) is 13.3 Å². The van der Waals surface area contributed by atoms with Gasteiger partial charge in [0.15, 0.2) is 0 Å². The Kier molecular flexibility index (Phi) is 15.7. The molecular weight excluding hydrogens is 274 g/mol. The molecule has 0 aliphatic rings. The van der Waals surface area contributed by atoms with Gasteiger partial charge in [0.05, 0.1) is 0 Å². The van der Waals surface area contributed by atoms with E-state index < -0.39 is 19.8 Å². The minimum atomic E-state index is -0.785. The summed E-state index contributed by atoms with van der Waals surface area (Å²) < 4.78 is 4.96. The van der Waals surface area contributed by atoms with E-state index in [1.165, 1.54) is 25.7 Å². The Labute approximate surface area is 91.7 Å². The largest absolute Gasteiger partial charge is 0.147 e. The average molecular weight is 298 g/mol. The van der Waals surface area contributed by atoms with Gasteiger partial charge in [-0.1, -0.05) is 0 Å². The van der Waals surface area contributed by atoms with Crippen molar-refractivity contribution in [1.29, 1.82) is 0 Å². The topological polar surface area (TPSA) is 0 Å². The van der Waals surface area contributed by atoms with Crippen molar-refractivity contribution in [3.8, 4) is 0 Å². The first-order valence-electron chi connectivity index (χ1n) is 5.18. The zero-order chi connectivity index (χ0) is 8.53. The number of halogens is 1. The number of hydrogen-bond donors (Lipinski definition) is 0. The fourth-order valence-electron chi connectivity index (χ4n) is 1.51. The third-order valence-electron chi connectivity index (χ3n) is 2.09. The second-order valence-corrected chi connectivity index (χ2v) is 11.9. The van der Waals surface area contributed by atoms with Crippen molar-refractivity contribution in [3.05, 3.63) is 0 Å². The van der Waals surface area contributed by atoms with Gasteiger partial charge in [-0.2, -0.15) is 0 Å². The summed E-state index contributed by atoms with van der Waals surface area (Å²) in [4.78, 5) is 0. The van der Waals surface area contributed by atoms with Crippen LogP contribution in [0.5, 0.6) is 0 Å². The predicted octanol–water partition coefficient (Wildman–Crippen LogP) is 4.52. The third kappa shape index (κ3) is 9.18. The first-order chi connectivity index (χ1) is 5.35. The summed E-state index contributed by atoms with van der Waals surface area (Å²) in [5.41, 5.74) is 0. The molecule has 1 radical (unpaired) electrons. The van der Waals surface area contributed by atoms with Crippen molar-refractivity contribution >= 4 is 32.2 Å². The van der Waals surface area contributed by atoms with Gasteiger partial charge in [-0.05, 0) is 0 Å². The maximum Gasteiger partial charge on any atom is -0.147 e. The van der Waals surface area contributed by atoms with Gasteiger partial charge in [0.25, 0.3) is 0 Å². The molecule has 0 aromatic carbocycles. The van der Waals surface area contributed by atoms with Crippen LogP contribution in [0.15, 0.2) is 0 Å². The molecule has 0 aromatic heterocycles. The molecular formula is C10H24ClSn. The molecule has 0 aromatic rings. The van der Waals surface area contributed by atoms with Crippen molar-refractivity contribution < 1.29 is 0 Å². The van der Waals surface area contributed by atoms with E-state index in [4.69, 9.17) is 0 Å². The number of hydrogen-bond acceptors (Lipinski definition) is 0. The van der Waals surface area contributed by atoms with Crippen LogP contribution in [0.3, 0.4) is 0 Å². The van der Waals surface area contributed by atoms with Gasteiger partial charge in [0.1, 0.15) is 0 Å². The smallest absolute Gasteiger partial charge is 0.147 e. The molecule has 75 valence electrons. The zero-order valence-electron chi connectivity index (χ0n) is 8.86. The summed E-state index contributed by atoms with van der Waals surface area (Å²) in [5.74, 6) is 0. The van der Waals surface area contributed by atoms with Crippen LogP contribution in [0, 0.1) is 0 Å². The van der Waals surface area contributed by atoms with E-state index in [2.05, 4.69) is 20.8 Å². The summed E-state index contributed by atoms with van der Waals surface area (Å²) in [6.07, 6.45) is 5.85. The third-order valence-corrected chi connectivity index (χ3v) is 12.0. The van der Waals surface area contributed by atoms with Crippen molar-refractivity contribution in [2.24, 2.45) is 0 Å². The molecule has 0 nitrogen and oxygen atoms in total. The molecule has 0 atom stereocenters. The molecule has 0 N–H and O–H groups in total. The van der Waals surface area contributed by atoms with E-state index >= 15 is 0 Å². The van der Waals surface area contributed by atoms with Crippen molar-refractivity contribution in [2.45, 2.75) is 59.8 Å². The van der Waals surface area contributed by atoms with E-state index in [9.17, 15) is 0 Å². The summed E-state index contributed by atoms with van der Waals surface area (Å²) in [6, 6.07) is 0. The summed E-state index contributed by atoms with van der Waals surface area (Å²) >= 11 is -0.785. The van der Waals surface area contributed by atoms with Crippen LogP contribution >= 0.6 is 12.4 Å². The Morgan fingerprint density at radius 1 is 0.750 bits per heavy atom. The normalized spacial score (nSPS) is 10.0. The molecule has 0 rings (SSSR count). The fraction of sp³-hybridized carbons (Fsp3) is 1.00. The molecule has 0 spiro atoms. The van der Waals surface area contributed by atoms with Gasteiger partial charge in [-0.15, -0.1) is 12.4 Å². The molecule has 0 saturated carbocycles. The van der Waals surface area contributed by atoms with Crippen LogP contribution < -0.4 is 0 Å². The van der Waals surface area contributed by atoms with Crippen LogP contribution in [0.4, 0.5) is 0 Å². The molecule has 0 bridgehead atoms. The number of unbranched alkanes of at least 4 members (excludes halogenated alkanes) is 1. The number of rotatable bonds is 7. The molecule has 0 aliphatic heterocycles. The first kappa shape index (κ1) is 15.6. The van der Waals surface area contributed by atoms with Crippen LogP contribution in [-0.4, -0.2) is 19.8 Å². The molecule has 0 amide bonds. The first-order valence-corrected chi connectivity index (χ1v) is 11.2. The standard InChI is InChI=1S/C4H9.2C3H7.ClH.Sn/c1-3-4-2;2*1-3-2;;/h1,3-4H2,2H3;2*1,3H2,2H3;1H;. The van der Waals surface area contributed by atoms with Crippen LogP contribution in [0.2, 0.25) is 13.3 Å². The van der Waals surface area contributed by atoms with Crippen LogP contribution in [0.25, 0.3) is 0 Å². The molecule has 0 aliphatic carbocycles. The average Bonchev–Trinajstić information content (AvgIpc) is 2.01. The van der Waals surface area contributed by atoms with E-state index in [0.29, 0.717) is 0 Å². The predicted molar refractivity (Wildman–Crippen MR) is 62.9 cm³/mol. The Morgan fingerprint density at radius 3 is 1.58 bits per heavy atom. The molecule has 0 saturated heterocycles. The Bertz CT molecular complexity index is 70.2. The Balaban J connectivity index is 0. The minimum Gasteiger partial charge on any atom is -0.147 e. The fourth-order valence-corrected chi connectivity index (χ4v) is 10.1. The van der Waals surface area contributed by atoms with Gasteiger partial charge >= 0.3 is 79.5 Å². The molecule has 0 fully saturated rings. The van der Waals surface area contributed by atoms with E-state index in [-0.39, 0.29) is 12.4 Å². The SMILES string of the molecule is CCC[CH2][Sn]([CH2]CC)[CH2]CC.Cl. The van der Waals surface area contributed by atoms with Gasteiger partial charge in [-0.25, -0.2) is 0 Å². The quantitative estimate of drug-likeness (QED) is 0.606. The molecule has 0 heterocycles. The summed E-state index contributed by atoms with van der Waals surface area (Å²) in [7, 11) is 0. The summed E-state index contributed by atoms with van der Waals surface area (Å²) in [5, 5.41) is 0.